The molecule has 0 spiro atoms. The molecular formula is C29H37N7O8. The average Bonchev–Trinajstić information content (AvgIpc) is 2.87. The van der Waals surface area contributed by atoms with Crippen LogP contribution in [-0.2, 0) is 32.1 Å². The summed E-state index contributed by atoms with van der Waals surface area (Å²) in [6.07, 6.45) is -1.69. The number of rotatable bonds is 5. The Kier molecular flexibility index (Phi) is 7.59. The summed E-state index contributed by atoms with van der Waals surface area (Å²) in [7, 11) is 2.86. The SMILES string of the molecule is CN(C)[C@@H]1C(=O)C(C(N)=O)=C(O)[C@@]2(C#N)C(=O)C3=C(O)c4c(O)c(NC(=O)OCC(C)(C)C)cc(CN)c4C[C@@]3(N)C[C@@]12N. The van der Waals surface area contributed by atoms with Crippen molar-refractivity contribution >= 4 is 35.0 Å². The number of phenolic OH excluding ortho intramolecular Hbond substituents is 1. The lowest BCUT2D eigenvalue weighted by Gasteiger charge is -2.58. The summed E-state index contributed by atoms with van der Waals surface area (Å²) in [5.74, 6) is -6.44. The number of nitrogens with zero attached hydrogens (tertiary/aromatic N) is 2. The smallest absolute Gasteiger partial charge is 0.411 e. The average molecular weight is 612 g/mol. The number of benzene rings is 1. The first-order valence-electron chi connectivity index (χ1n) is 13.7. The van der Waals surface area contributed by atoms with Crippen molar-refractivity contribution in [2.45, 2.75) is 57.3 Å². The normalized spacial score (nSPS) is 28.2. The van der Waals surface area contributed by atoms with Gasteiger partial charge in [-0.15, -0.1) is 0 Å². The Morgan fingerprint density at radius 3 is 2.32 bits per heavy atom. The van der Waals surface area contributed by atoms with E-state index in [1.165, 1.54) is 25.1 Å². The van der Waals surface area contributed by atoms with Crippen molar-refractivity contribution in [3.63, 3.8) is 0 Å². The van der Waals surface area contributed by atoms with Crippen molar-refractivity contribution in [2.75, 3.05) is 26.0 Å². The minimum Gasteiger partial charge on any atom is -0.509 e. The molecule has 0 aromatic heterocycles. The monoisotopic (exact) mass is 611 g/mol. The second kappa shape index (κ2) is 10.3. The van der Waals surface area contributed by atoms with Gasteiger partial charge < -0.3 is 43.0 Å². The van der Waals surface area contributed by atoms with Gasteiger partial charge >= 0.3 is 6.09 Å². The highest BCUT2D eigenvalue weighted by molar-refractivity contribution is 6.25. The van der Waals surface area contributed by atoms with Crippen molar-refractivity contribution in [3.8, 4) is 11.8 Å². The predicted molar refractivity (Wildman–Crippen MR) is 157 cm³/mol. The summed E-state index contributed by atoms with van der Waals surface area (Å²) in [5, 5.41) is 47.1. The molecule has 15 nitrogen and oxygen atoms in total. The molecule has 4 atom stereocenters. The summed E-state index contributed by atoms with van der Waals surface area (Å²) in [6, 6.07) is 1.57. The number of anilines is 1. The van der Waals surface area contributed by atoms with E-state index in [4.69, 9.17) is 27.7 Å². The van der Waals surface area contributed by atoms with Crippen LogP contribution in [0.15, 0.2) is 23.0 Å². The number of hydrogen-bond acceptors (Lipinski definition) is 13. The van der Waals surface area contributed by atoms with E-state index >= 15 is 0 Å². The molecule has 0 bridgehead atoms. The van der Waals surface area contributed by atoms with Gasteiger partial charge in [0.05, 0.1) is 46.6 Å². The first-order valence-corrected chi connectivity index (χ1v) is 13.7. The number of phenols is 1. The number of carbonyl (C=O) groups excluding carboxylic acids is 4. The number of likely N-dealkylation sites (N-methyl/N-ethyl adjacent to an activating group) is 1. The number of amides is 2. The van der Waals surface area contributed by atoms with Gasteiger partial charge in [0.2, 0.25) is 0 Å². The zero-order chi connectivity index (χ0) is 33.3. The fourth-order valence-corrected chi connectivity index (χ4v) is 6.68. The molecule has 4 rings (SSSR count). The van der Waals surface area contributed by atoms with Crippen LogP contribution >= 0.6 is 0 Å². The minimum absolute atomic E-state index is 0.0472. The number of ketones is 2. The summed E-state index contributed by atoms with van der Waals surface area (Å²) in [6.45, 7) is 5.44. The third-order valence-corrected chi connectivity index (χ3v) is 8.44. The highest BCUT2D eigenvalue weighted by Gasteiger charge is 2.74. The van der Waals surface area contributed by atoms with E-state index in [1.807, 2.05) is 20.8 Å². The van der Waals surface area contributed by atoms with Crippen LogP contribution in [0.1, 0.15) is 43.9 Å². The maximum absolute atomic E-state index is 14.5. The van der Waals surface area contributed by atoms with Crippen molar-refractivity contribution in [1.29, 1.82) is 5.26 Å². The van der Waals surface area contributed by atoms with E-state index in [0.717, 1.165) is 0 Å². The number of aliphatic hydroxyl groups excluding tert-OH is 2. The number of aliphatic hydroxyl groups is 2. The molecule has 1 aromatic carbocycles. The number of carbonyl (C=O) groups is 4. The molecule has 44 heavy (non-hydrogen) atoms. The van der Waals surface area contributed by atoms with Crippen LogP contribution < -0.4 is 28.3 Å². The van der Waals surface area contributed by atoms with Crippen molar-refractivity contribution < 1.29 is 39.2 Å². The van der Waals surface area contributed by atoms with E-state index in [0.29, 0.717) is 5.56 Å². The maximum atomic E-state index is 14.5. The molecule has 2 amide bonds. The molecule has 1 aromatic rings. The van der Waals surface area contributed by atoms with Gasteiger partial charge in [-0.3, -0.25) is 24.6 Å². The van der Waals surface area contributed by atoms with Crippen LogP contribution in [-0.4, -0.2) is 81.6 Å². The second-order valence-corrected chi connectivity index (χ2v) is 13.0. The van der Waals surface area contributed by atoms with Crippen molar-refractivity contribution in [3.05, 3.63) is 39.7 Å². The lowest BCUT2D eigenvalue weighted by molar-refractivity contribution is -0.139. The molecular weight excluding hydrogens is 574 g/mol. The van der Waals surface area contributed by atoms with Gasteiger partial charge in [0, 0.05) is 6.54 Å². The van der Waals surface area contributed by atoms with E-state index in [-0.39, 0.29) is 41.8 Å². The van der Waals surface area contributed by atoms with Crippen LogP contribution in [0.2, 0.25) is 0 Å². The van der Waals surface area contributed by atoms with E-state index in [1.54, 1.807) is 6.07 Å². The Hall–Kier alpha value is -4.49. The highest BCUT2D eigenvalue weighted by atomic mass is 16.5. The lowest BCUT2D eigenvalue weighted by Crippen LogP contribution is -2.80. The number of Topliss-reactive ketones (excluding diaryl/α,β-unsaturated/α-hetero) is 2. The Morgan fingerprint density at radius 2 is 1.82 bits per heavy atom. The number of nitrogens with two attached hydrogens (primary N) is 4. The van der Waals surface area contributed by atoms with Crippen LogP contribution in [0.5, 0.6) is 5.75 Å². The summed E-state index contributed by atoms with van der Waals surface area (Å²) < 4.78 is 5.21. The lowest BCUT2D eigenvalue weighted by atomic mass is 9.47. The third-order valence-electron chi connectivity index (χ3n) is 8.44. The number of ether oxygens (including phenoxy) is 1. The van der Waals surface area contributed by atoms with Crippen LogP contribution in [0, 0.1) is 22.2 Å². The van der Waals surface area contributed by atoms with Crippen molar-refractivity contribution in [1.82, 2.24) is 4.90 Å². The van der Waals surface area contributed by atoms with Gasteiger partial charge in [-0.05, 0) is 49.5 Å². The number of fused-ring (bicyclic) bond motifs is 3. The molecule has 0 saturated heterocycles. The Labute approximate surface area is 253 Å². The molecule has 3 aliphatic rings. The first kappa shape index (κ1) is 32.4. The second-order valence-electron chi connectivity index (χ2n) is 13.0. The first-order chi connectivity index (χ1) is 20.2. The largest absolute Gasteiger partial charge is 0.509 e. The molecule has 0 unspecified atom stereocenters. The highest BCUT2D eigenvalue weighted by Crippen LogP contribution is 2.58. The zero-order valence-corrected chi connectivity index (χ0v) is 25.1. The number of nitriles is 1. The quantitative estimate of drug-likeness (QED) is 0.160. The molecule has 0 radical (unpaired) electrons. The van der Waals surface area contributed by atoms with Crippen LogP contribution in [0.4, 0.5) is 10.5 Å². The summed E-state index contributed by atoms with van der Waals surface area (Å²) in [5.41, 5.74) is 16.3. The minimum atomic E-state index is -2.79. The summed E-state index contributed by atoms with van der Waals surface area (Å²) >= 11 is 0. The molecule has 3 aliphatic carbocycles. The number of nitrogens with one attached hydrogen (secondary N) is 1. The number of aromatic hydroxyl groups is 1. The molecule has 0 aliphatic heterocycles. The Morgan fingerprint density at radius 1 is 1.20 bits per heavy atom. The van der Waals surface area contributed by atoms with E-state index < -0.39 is 80.9 Å². The predicted octanol–water partition coefficient (Wildman–Crippen LogP) is -0.0412. The molecule has 1 fully saturated rings. The molecule has 1 saturated carbocycles. The summed E-state index contributed by atoms with van der Waals surface area (Å²) in [4.78, 5) is 54.1. The fourth-order valence-electron chi connectivity index (χ4n) is 6.68. The molecule has 0 heterocycles. The fraction of sp³-hybridized carbons (Fsp3) is 0.483. The third kappa shape index (κ3) is 4.41. The zero-order valence-electron chi connectivity index (χ0n) is 25.1. The molecule has 12 N–H and O–H groups in total. The molecule has 236 valence electrons. The number of primary amides is 1. The number of hydrogen-bond donors (Lipinski definition) is 8. The van der Waals surface area contributed by atoms with Gasteiger partial charge in [-0.1, -0.05) is 20.8 Å². The topological polar surface area (TPSA) is 281 Å². The van der Waals surface area contributed by atoms with Gasteiger partial charge in [-0.2, -0.15) is 5.26 Å². The van der Waals surface area contributed by atoms with Crippen molar-refractivity contribution in [2.24, 2.45) is 33.8 Å². The van der Waals surface area contributed by atoms with E-state index in [9.17, 15) is 39.8 Å². The maximum Gasteiger partial charge on any atom is 0.411 e. The van der Waals surface area contributed by atoms with Gasteiger partial charge in [0.1, 0.15) is 22.8 Å². The van der Waals surface area contributed by atoms with Crippen LogP contribution in [0.25, 0.3) is 5.76 Å². The van der Waals surface area contributed by atoms with Gasteiger partial charge in [-0.25, -0.2) is 4.79 Å². The Bertz CT molecular complexity index is 1620. The van der Waals surface area contributed by atoms with Gasteiger partial charge in [0.15, 0.2) is 17.0 Å². The Balaban J connectivity index is 1.99. The van der Waals surface area contributed by atoms with E-state index in [2.05, 4.69) is 5.32 Å². The van der Waals surface area contributed by atoms with Crippen LogP contribution in [0.3, 0.4) is 0 Å². The molecule has 15 heteroatoms. The van der Waals surface area contributed by atoms with Gasteiger partial charge in [0.25, 0.3) is 5.91 Å². The standard InChI is InChI=1S/C29H37N7O8/c1-26(2,3)11-44-25(43)35-14-6-12(8-30)13-7-27(33)9-29(34)21(36(4)5)20(39)16(24(32)42)22(40)28(29,10-31)23(41)17(27)19(38)15(13)18(14)37/h6,21,37-38,40H,7-9,11,30,33-34H2,1-5H3,(H2,32,42)(H,35,43)/t21-,27-,28+,29-/m1/s1.